The number of rotatable bonds is 4. The number of Topliss-reactive ketones (excluding diaryl/α,β-unsaturated/α-hetero) is 1. The third-order valence-corrected chi connectivity index (χ3v) is 2.08. The van der Waals surface area contributed by atoms with E-state index in [-0.39, 0.29) is 17.2 Å². The Bertz CT molecular complexity index is 418. The molecule has 0 unspecified atom stereocenters. The molecular formula is C10H8ClF3O3. The van der Waals surface area contributed by atoms with Crippen LogP contribution in [0.2, 0.25) is 0 Å². The quantitative estimate of drug-likeness (QED) is 0.622. The number of ether oxygens (including phenoxy) is 2. The molecule has 0 bridgehead atoms. The Balaban J connectivity index is 3.11. The number of methoxy groups -OCH3 is 1. The molecule has 0 fully saturated rings. The highest BCUT2D eigenvalue weighted by Gasteiger charge is 2.32. The van der Waals surface area contributed by atoms with Crippen molar-refractivity contribution in [3.8, 4) is 11.5 Å². The average molecular weight is 269 g/mol. The molecule has 0 radical (unpaired) electrons. The van der Waals surface area contributed by atoms with Crippen molar-refractivity contribution in [2.75, 3.05) is 13.0 Å². The standard InChI is InChI=1S/C10H8ClF3O3/c1-16-8-3-2-6(7(15)5-11)4-9(8)17-10(12,13)14/h2-4H,5H2,1H3. The van der Waals surface area contributed by atoms with Crippen LogP contribution < -0.4 is 9.47 Å². The molecule has 1 aromatic rings. The van der Waals surface area contributed by atoms with Crippen LogP contribution in [-0.4, -0.2) is 25.1 Å². The summed E-state index contributed by atoms with van der Waals surface area (Å²) in [6.45, 7) is 0. The molecule has 1 aromatic carbocycles. The SMILES string of the molecule is COc1ccc(C(=O)CCl)cc1OC(F)(F)F. The fourth-order valence-electron chi connectivity index (χ4n) is 1.13. The number of hydrogen-bond donors (Lipinski definition) is 0. The van der Waals surface area contributed by atoms with Crippen LogP contribution in [0.15, 0.2) is 18.2 Å². The van der Waals surface area contributed by atoms with E-state index in [2.05, 4.69) is 4.74 Å². The minimum atomic E-state index is -4.85. The molecule has 17 heavy (non-hydrogen) atoms. The van der Waals surface area contributed by atoms with Crippen molar-refractivity contribution < 1.29 is 27.4 Å². The summed E-state index contributed by atoms with van der Waals surface area (Å²) in [5.41, 5.74) is 0.0278. The van der Waals surface area contributed by atoms with Gasteiger partial charge in [0.05, 0.1) is 13.0 Å². The maximum atomic E-state index is 12.1. The number of alkyl halides is 4. The van der Waals surface area contributed by atoms with E-state index in [1.54, 1.807) is 0 Å². The maximum Gasteiger partial charge on any atom is 0.573 e. The Hall–Kier alpha value is -1.43. The number of carbonyl (C=O) groups is 1. The Morgan fingerprint density at radius 3 is 2.47 bits per heavy atom. The third-order valence-electron chi connectivity index (χ3n) is 1.83. The van der Waals surface area contributed by atoms with Crippen LogP contribution in [0.4, 0.5) is 13.2 Å². The van der Waals surface area contributed by atoms with Gasteiger partial charge in [-0.3, -0.25) is 4.79 Å². The molecule has 0 saturated heterocycles. The van der Waals surface area contributed by atoms with Gasteiger partial charge < -0.3 is 9.47 Å². The second-order valence-corrected chi connectivity index (χ2v) is 3.24. The van der Waals surface area contributed by atoms with Crippen molar-refractivity contribution in [3.63, 3.8) is 0 Å². The fraction of sp³-hybridized carbons (Fsp3) is 0.300. The van der Waals surface area contributed by atoms with Gasteiger partial charge in [-0.15, -0.1) is 24.8 Å². The molecule has 0 atom stereocenters. The zero-order valence-corrected chi connectivity index (χ0v) is 9.43. The van der Waals surface area contributed by atoms with E-state index in [1.165, 1.54) is 19.2 Å². The molecular weight excluding hydrogens is 261 g/mol. The molecule has 0 heterocycles. The highest BCUT2D eigenvalue weighted by atomic mass is 35.5. The first-order valence-corrected chi connectivity index (χ1v) is 4.94. The average Bonchev–Trinajstić information content (AvgIpc) is 2.25. The van der Waals surface area contributed by atoms with Gasteiger partial charge in [0.1, 0.15) is 0 Å². The van der Waals surface area contributed by atoms with Crippen molar-refractivity contribution in [1.82, 2.24) is 0 Å². The van der Waals surface area contributed by atoms with Gasteiger partial charge in [-0.2, -0.15) is 0 Å². The van der Waals surface area contributed by atoms with E-state index >= 15 is 0 Å². The molecule has 94 valence electrons. The number of ketones is 1. The molecule has 7 heteroatoms. The van der Waals surface area contributed by atoms with E-state index in [0.717, 1.165) is 6.07 Å². The molecule has 0 amide bonds. The Labute approximate surface area is 100 Å². The fourth-order valence-corrected chi connectivity index (χ4v) is 1.29. The van der Waals surface area contributed by atoms with Crippen LogP contribution in [0.5, 0.6) is 11.5 Å². The van der Waals surface area contributed by atoms with Crippen LogP contribution in [0, 0.1) is 0 Å². The summed E-state index contributed by atoms with van der Waals surface area (Å²) < 4.78 is 44.7. The Morgan fingerprint density at radius 1 is 1.35 bits per heavy atom. The molecule has 0 aliphatic heterocycles. The van der Waals surface area contributed by atoms with Crippen LogP contribution in [0.25, 0.3) is 0 Å². The van der Waals surface area contributed by atoms with Gasteiger partial charge >= 0.3 is 6.36 Å². The first kappa shape index (κ1) is 13.6. The van der Waals surface area contributed by atoms with Crippen LogP contribution >= 0.6 is 11.6 Å². The predicted molar refractivity (Wildman–Crippen MR) is 54.7 cm³/mol. The molecule has 0 spiro atoms. The number of benzene rings is 1. The summed E-state index contributed by atoms with van der Waals surface area (Å²) in [5, 5.41) is 0. The van der Waals surface area contributed by atoms with E-state index in [1.807, 2.05) is 0 Å². The molecule has 1 rings (SSSR count). The monoisotopic (exact) mass is 268 g/mol. The van der Waals surface area contributed by atoms with E-state index in [0.29, 0.717) is 0 Å². The van der Waals surface area contributed by atoms with Gasteiger partial charge in [0.15, 0.2) is 17.3 Å². The minimum Gasteiger partial charge on any atom is -0.493 e. The van der Waals surface area contributed by atoms with Gasteiger partial charge in [0.2, 0.25) is 0 Å². The highest BCUT2D eigenvalue weighted by molar-refractivity contribution is 6.30. The lowest BCUT2D eigenvalue weighted by Gasteiger charge is -2.13. The van der Waals surface area contributed by atoms with Gasteiger partial charge in [-0.25, -0.2) is 0 Å². The van der Waals surface area contributed by atoms with Gasteiger partial charge in [0.25, 0.3) is 0 Å². The van der Waals surface area contributed by atoms with E-state index < -0.39 is 17.9 Å². The summed E-state index contributed by atoms with van der Waals surface area (Å²) in [4.78, 5) is 11.2. The second kappa shape index (κ2) is 5.27. The first-order chi connectivity index (χ1) is 7.87. The number of hydrogen-bond acceptors (Lipinski definition) is 3. The molecule has 0 aromatic heterocycles. The molecule has 0 aliphatic rings. The largest absolute Gasteiger partial charge is 0.573 e. The summed E-state index contributed by atoms with van der Waals surface area (Å²) in [6, 6.07) is 3.46. The zero-order chi connectivity index (χ0) is 13.1. The van der Waals surface area contributed by atoms with E-state index in [4.69, 9.17) is 16.3 Å². The lowest BCUT2D eigenvalue weighted by molar-refractivity contribution is -0.275. The molecule has 0 N–H and O–H groups in total. The van der Waals surface area contributed by atoms with Crippen molar-refractivity contribution in [2.24, 2.45) is 0 Å². The zero-order valence-electron chi connectivity index (χ0n) is 8.68. The number of carbonyl (C=O) groups excluding carboxylic acids is 1. The second-order valence-electron chi connectivity index (χ2n) is 2.97. The van der Waals surface area contributed by atoms with Gasteiger partial charge in [-0.1, -0.05) is 0 Å². The van der Waals surface area contributed by atoms with Crippen LogP contribution in [0.1, 0.15) is 10.4 Å². The van der Waals surface area contributed by atoms with E-state index in [9.17, 15) is 18.0 Å². The summed E-state index contributed by atoms with van der Waals surface area (Å²) in [7, 11) is 1.20. The lowest BCUT2D eigenvalue weighted by atomic mass is 10.1. The van der Waals surface area contributed by atoms with Crippen LogP contribution in [-0.2, 0) is 0 Å². The Morgan fingerprint density at radius 2 is 2.00 bits per heavy atom. The smallest absolute Gasteiger partial charge is 0.493 e. The van der Waals surface area contributed by atoms with Crippen LogP contribution in [0.3, 0.4) is 0 Å². The third kappa shape index (κ3) is 3.81. The summed E-state index contributed by atoms with van der Waals surface area (Å²) in [6.07, 6.45) is -4.85. The normalized spacial score (nSPS) is 11.1. The lowest BCUT2D eigenvalue weighted by Crippen LogP contribution is -2.18. The first-order valence-electron chi connectivity index (χ1n) is 4.40. The van der Waals surface area contributed by atoms with Gasteiger partial charge in [-0.05, 0) is 18.2 Å². The molecule has 0 saturated carbocycles. The minimum absolute atomic E-state index is 0.0278. The molecule has 0 aliphatic carbocycles. The molecule has 3 nitrogen and oxygen atoms in total. The maximum absolute atomic E-state index is 12.1. The van der Waals surface area contributed by atoms with Crippen molar-refractivity contribution >= 4 is 17.4 Å². The van der Waals surface area contributed by atoms with Crippen molar-refractivity contribution in [2.45, 2.75) is 6.36 Å². The summed E-state index contributed by atoms with van der Waals surface area (Å²) >= 11 is 5.30. The Kier molecular flexibility index (Phi) is 4.22. The van der Waals surface area contributed by atoms with Gasteiger partial charge in [0, 0.05) is 5.56 Å². The van der Waals surface area contributed by atoms with Crippen molar-refractivity contribution in [1.29, 1.82) is 0 Å². The van der Waals surface area contributed by atoms with Crippen molar-refractivity contribution in [3.05, 3.63) is 23.8 Å². The summed E-state index contributed by atoms with van der Waals surface area (Å²) in [5.74, 6) is -1.51. The predicted octanol–water partition coefficient (Wildman–Crippen LogP) is 3.02. The topological polar surface area (TPSA) is 35.5 Å². The number of halogens is 4. The highest BCUT2D eigenvalue weighted by Crippen LogP contribution is 2.33.